The number of ether oxygens (including phenoxy) is 1. The fourth-order valence-electron chi connectivity index (χ4n) is 4.34. The lowest BCUT2D eigenvalue weighted by Gasteiger charge is -2.28. The number of carbonyl (C=O) groups excluding carboxylic acids is 1. The lowest BCUT2D eigenvalue weighted by Crippen LogP contribution is -2.38. The van der Waals surface area contributed by atoms with Crippen LogP contribution in [-0.2, 0) is 10.2 Å². The molecular weight excluding hydrogens is 346 g/mol. The highest BCUT2D eigenvalue weighted by molar-refractivity contribution is 6.07. The largest absolute Gasteiger partial charge is 0.493 e. The average molecular weight is 373 g/mol. The van der Waals surface area contributed by atoms with E-state index in [-0.39, 0.29) is 5.91 Å². The molecule has 0 atom stereocenters. The molecule has 1 aliphatic rings. The van der Waals surface area contributed by atoms with Gasteiger partial charge in [0, 0.05) is 16.5 Å². The lowest BCUT2D eigenvalue weighted by atomic mass is 9.78. The predicted octanol–water partition coefficient (Wildman–Crippen LogP) is 6.08. The van der Waals surface area contributed by atoms with Gasteiger partial charge in [0.05, 0.1) is 12.0 Å². The fraction of sp³-hybridized carbons (Fsp3) is 0.320. The summed E-state index contributed by atoms with van der Waals surface area (Å²) in [5.41, 5.74) is 1.54. The van der Waals surface area contributed by atoms with Crippen LogP contribution in [0.25, 0.3) is 10.8 Å². The molecule has 3 heteroatoms. The van der Waals surface area contributed by atoms with Crippen LogP contribution >= 0.6 is 0 Å². The molecule has 1 saturated carbocycles. The molecule has 4 rings (SSSR count). The normalized spacial score (nSPS) is 15.5. The number of benzene rings is 3. The van der Waals surface area contributed by atoms with Crippen LogP contribution in [0, 0.1) is 0 Å². The van der Waals surface area contributed by atoms with Crippen molar-refractivity contribution in [1.29, 1.82) is 0 Å². The standard InChI is InChI=1S/C25H27NO2/c1-2-18-28-23-15-14-22(20-12-6-7-13-21(20)23)26-24(27)25(16-8-9-17-25)19-10-4-3-5-11-19/h3-7,10-15H,2,8-9,16-18H2,1H3,(H,26,27). The highest BCUT2D eigenvalue weighted by atomic mass is 16.5. The Morgan fingerprint density at radius 1 is 0.929 bits per heavy atom. The van der Waals surface area contributed by atoms with Crippen molar-refractivity contribution >= 4 is 22.4 Å². The minimum Gasteiger partial charge on any atom is -0.493 e. The molecule has 0 radical (unpaired) electrons. The van der Waals surface area contributed by atoms with Crippen molar-refractivity contribution in [3.05, 3.63) is 72.3 Å². The number of hydrogen-bond donors (Lipinski definition) is 1. The van der Waals surface area contributed by atoms with Crippen molar-refractivity contribution in [3.8, 4) is 5.75 Å². The molecule has 0 saturated heterocycles. The molecule has 144 valence electrons. The average Bonchev–Trinajstić information content (AvgIpc) is 3.25. The van der Waals surface area contributed by atoms with Crippen LogP contribution < -0.4 is 10.1 Å². The lowest BCUT2D eigenvalue weighted by molar-refractivity contribution is -0.121. The molecule has 28 heavy (non-hydrogen) atoms. The summed E-state index contributed by atoms with van der Waals surface area (Å²) in [7, 11) is 0. The van der Waals surface area contributed by atoms with Gasteiger partial charge in [0.15, 0.2) is 0 Å². The maximum absolute atomic E-state index is 13.5. The fourth-order valence-corrected chi connectivity index (χ4v) is 4.34. The van der Waals surface area contributed by atoms with E-state index < -0.39 is 5.41 Å². The van der Waals surface area contributed by atoms with Crippen molar-refractivity contribution < 1.29 is 9.53 Å². The number of amides is 1. The molecule has 1 fully saturated rings. The summed E-state index contributed by atoms with van der Waals surface area (Å²) in [6.45, 7) is 2.79. The summed E-state index contributed by atoms with van der Waals surface area (Å²) < 4.78 is 5.90. The number of rotatable bonds is 6. The zero-order valence-corrected chi connectivity index (χ0v) is 16.4. The van der Waals surface area contributed by atoms with E-state index in [4.69, 9.17) is 4.74 Å². The molecule has 3 aromatic rings. The summed E-state index contributed by atoms with van der Waals surface area (Å²) >= 11 is 0. The second-order valence-electron chi connectivity index (χ2n) is 7.61. The molecule has 3 nitrogen and oxygen atoms in total. The highest BCUT2D eigenvalue weighted by Gasteiger charge is 2.42. The van der Waals surface area contributed by atoms with E-state index in [9.17, 15) is 4.79 Å². The van der Waals surface area contributed by atoms with Crippen LogP contribution in [0.4, 0.5) is 5.69 Å². The number of carbonyl (C=O) groups is 1. The van der Waals surface area contributed by atoms with E-state index in [2.05, 4.69) is 30.4 Å². The van der Waals surface area contributed by atoms with Crippen molar-refractivity contribution in [2.45, 2.75) is 44.4 Å². The van der Waals surface area contributed by atoms with E-state index in [0.717, 1.165) is 59.9 Å². The maximum atomic E-state index is 13.5. The smallest absolute Gasteiger partial charge is 0.235 e. The first-order chi connectivity index (χ1) is 13.7. The number of fused-ring (bicyclic) bond motifs is 1. The number of hydrogen-bond acceptors (Lipinski definition) is 2. The SMILES string of the molecule is CCCOc1ccc(NC(=O)C2(c3ccccc3)CCCC2)c2ccccc12. The van der Waals surface area contributed by atoms with Crippen LogP contribution in [0.15, 0.2) is 66.7 Å². The Hall–Kier alpha value is -2.81. The van der Waals surface area contributed by atoms with Crippen LogP contribution in [-0.4, -0.2) is 12.5 Å². The predicted molar refractivity (Wildman–Crippen MR) is 115 cm³/mol. The molecular formula is C25H27NO2. The third-order valence-electron chi connectivity index (χ3n) is 5.81. The van der Waals surface area contributed by atoms with Crippen molar-refractivity contribution in [1.82, 2.24) is 0 Å². The first-order valence-corrected chi connectivity index (χ1v) is 10.3. The maximum Gasteiger partial charge on any atom is 0.235 e. The first kappa shape index (κ1) is 18.5. The highest BCUT2D eigenvalue weighted by Crippen LogP contribution is 2.42. The zero-order valence-electron chi connectivity index (χ0n) is 16.4. The van der Waals surface area contributed by atoms with Gasteiger partial charge in [0.2, 0.25) is 5.91 Å². The van der Waals surface area contributed by atoms with Gasteiger partial charge in [-0.1, -0.05) is 74.4 Å². The number of anilines is 1. The van der Waals surface area contributed by atoms with Gasteiger partial charge in [-0.2, -0.15) is 0 Å². The Balaban J connectivity index is 1.69. The van der Waals surface area contributed by atoms with Gasteiger partial charge < -0.3 is 10.1 Å². The van der Waals surface area contributed by atoms with Crippen LogP contribution in [0.3, 0.4) is 0 Å². The molecule has 0 bridgehead atoms. The van der Waals surface area contributed by atoms with E-state index in [1.807, 2.05) is 48.5 Å². The van der Waals surface area contributed by atoms with Gasteiger partial charge in [-0.3, -0.25) is 4.79 Å². The summed E-state index contributed by atoms with van der Waals surface area (Å²) in [5.74, 6) is 0.970. The Morgan fingerprint density at radius 3 is 2.32 bits per heavy atom. The number of nitrogens with one attached hydrogen (secondary N) is 1. The van der Waals surface area contributed by atoms with E-state index in [1.165, 1.54) is 0 Å². The quantitative estimate of drug-likeness (QED) is 0.569. The third-order valence-corrected chi connectivity index (χ3v) is 5.81. The third kappa shape index (κ3) is 3.37. The molecule has 0 spiro atoms. The molecule has 1 N–H and O–H groups in total. The monoisotopic (exact) mass is 373 g/mol. The summed E-state index contributed by atoms with van der Waals surface area (Å²) in [6.07, 6.45) is 4.95. The van der Waals surface area contributed by atoms with Crippen molar-refractivity contribution in [2.75, 3.05) is 11.9 Å². The van der Waals surface area contributed by atoms with Gasteiger partial charge >= 0.3 is 0 Å². The Bertz CT molecular complexity index is 959. The molecule has 0 unspecified atom stereocenters. The minimum atomic E-state index is -0.431. The van der Waals surface area contributed by atoms with Gasteiger partial charge in [-0.25, -0.2) is 0 Å². The van der Waals surface area contributed by atoms with Crippen LogP contribution in [0.5, 0.6) is 5.75 Å². The second kappa shape index (κ2) is 8.05. The Labute approximate surface area is 166 Å². The summed E-state index contributed by atoms with van der Waals surface area (Å²) in [5, 5.41) is 5.31. The van der Waals surface area contributed by atoms with Crippen LogP contribution in [0.2, 0.25) is 0 Å². The second-order valence-corrected chi connectivity index (χ2v) is 7.61. The topological polar surface area (TPSA) is 38.3 Å². The van der Waals surface area contributed by atoms with E-state index >= 15 is 0 Å². The van der Waals surface area contributed by atoms with Gasteiger partial charge in [-0.15, -0.1) is 0 Å². The van der Waals surface area contributed by atoms with Crippen molar-refractivity contribution in [3.63, 3.8) is 0 Å². The molecule has 1 aliphatic carbocycles. The van der Waals surface area contributed by atoms with E-state index in [0.29, 0.717) is 6.61 Å². The Kier molecular flexibility index (Phi) is 5.34. The van der Waals surface area contributed by atoms with Gasteiger partial charge in [0.25, 0.3) is 0 Å². The molecule has 1 amide bonds. The van der Waals surface area contributed by atoms with Crippen molar-refractivity contribution in [2.24, 2.45) is 0 Å². The van der Waals surface area contributed by atoms with E-state index in [1.54, 1.807) is 0 Å². The molecule has 3 aromatic carbocycles. The zero-order chi connectivity index (χ0) is 19.4. The van der Waals surface area contributed by atoms with Gasteiger partial charge in [-0.05, 0) is 37.0 Å². The minimum absolute atomic E-state index is 0.101. The Morgan fingerprint density at radius 2 is 1.61 bits per heavy atom. The molecule has 0 aliphatic heterocycles. The van der Waals surface area contributed by atoms with Crippen LogP contribution in [0.1, 0.15) is 44.6 Å². The summed E-state index contributed by atoms with van der Waals surface area (Å²) in [4.78, 5) is 13.5. The van der Waals surface area contributed by atoms with Gasteiger partial charge in [0.1, 0.15) is 5.75 Å². The molecule has 0 heterocycles. The molecule has 0 aromatic heterocycles. The first-order valence-electron chi connectivity index (χ1n) is 10.3. The summed E-state index contributed by atoms with van der Waals surface area (Å²) in [6, 6.07) is 22.3.